The fraction of sp³-hybridized carbons (Fsp3) is 0.412. The molecule has 1 aromatic rings. The van der Waals surface area contributed by atoms with E-state index >= 15 is 0 Å². The second-order valence-corrected chi connectivity index (χ2v) is 5.56. The van der Waals surface area contributed by atoms with Gasteiger partial charge in [0.2, 0.25) is 5.91 Å². The van der Waals surface area contributed by atoms with Crippen molar-refractivity contribution in [3.63, 3.8) is 0 Å². The van der Waals surface area contributed by atoms with Crippen LogP contribution >= 0.6 is 0 Å². The van der Waals surface area contributed by atoms with Gasteiger partial charge in [0.15, 0.2) is 0 Å². The third-order valence-corrected chi connectivity index (χ3v) is 3.79. The Hall–Kier alpha value is -2.10. The number of carbonyl (C=O) groups is 2. The van der Waals surface area contributed by atoms with Crippen LogP contribution in [-0.4, -0.2) is 11.8 Å². The summed E-state index contributed by atoms with van der Waals surface area (Å²) in [6.45, 7) is 2.01. The van der Waals surface area contributed by atoms with E-state index in [2.05, 4.69) is 10.9 Å². The molecular formula is C17H22N2O2. The molecule has 2 N–H and O–H groups in total. The molecule has 0 heterocycles. The predicted octanol–water partition coefficient (Wildman–Crippen LogP) is 2.74. The first kappa shape index (κ1) is 15.3. The third-order valence-electron chi connectivity index (χ3n) is 3.79. The molecule has 112 valence electrons. The Morgan fingerprint density at radius 2 is 1.71 bits per heavy atom. The summed E-state index contributed by atoms with van der Waals surface area (Å²) >= 11 is 0. The minimum absolute atomic E-state index is 0.0418. The lowest BCUT2D eigenvalue weighted by molar-refractivity contribution is -0.130. The Bertz CT molecular complexity index is 514. The predicted molar refractivity (Wildman–Crippen MR) is 83.1 cm³/mol. The van der Waals surface area contributed by atoms with Crippen molar-refractivity contribution in [2.24, 2.45) is 5.92 Å². The normalized spacial score (nSPS) is 15.9. The molecule has 2 amide bonds. The minimum atomic E-state index is -0.320. The standard InChI is InChI=1S/C17H22N2O2/c1-13-7-9-14(10-8-13)11-12-16(20)18-19-17(21)15-5-3-2-4-6-15/h7-12,15H,2-6H2,1H3,(H,18,20)(H,19,21). The number of carbonyl (C=O) groups excluding carboxylic acids is 2. The first-order chi connectivity index (χ1) is 10.1. The van der Waals surface area contributed by atoms with E-state index in [-0.39, 0.29) is 17.7 Å². The molecule has 0 atom stereocenters. The van der Waals surface area contributed by atoms with Gasteiger partial charge in [0.25, 0.3) is 5.91 Å². The average molecular weight is 286 g/mol. The number of rotatable bonds is 3. The Morgan fingerprint density at radius 1 is 1.05 bits per heavy atom. The van der Waals surface area contributed by atoms with E-state index in [1.54, 1.807) is 6.08 Å². The van der Waals surface area contributed by atoms with Crippen molar-refractivity contribution in [1.82, 2.24) is 10.9 Å². The first-order valence-electron chi connectivity index (χ1n) is 7.50. The van der Waals surface area contributed by atoms with E-state index in [9.17, 15) is 9.59 Å². The number of hydrazine groups is 1. The van der Waals surface area contributed by atoms with E-state index in [4.69, 9.17) is 0 Å². The average Bonchev–Trinajstić information content (AvgIpc) is 2.53. The summed E-state index contributed by atoms with van der Waals surface area (Å²) in [5.41, 5.74) is 7.07. The Kier molecular flexibility index (Phi) is 5.55. The van der Waals surface area contributed by atoms with E-state index in [1.165, 1.54) is 18.1 Å². The highest BCUT2D eigenvalue weighted by atomic mass is 16.2. The number of benzene rings is 1. The molecule has 0 bridgehead atoms. The molecule has 0 spiro atoms. The summed E-state index contributed by atoms with van der Waals surface area (Å²) in [5, 5.41) is 0. The lowest BCUT2D eigenvalue weighted by Crippen LogP contribution is -2.44. The van der Waals surface area contributed by atoms with Gasteiger partial charge >= 0.3 is 0 Å². The molecule has 0 aliphatic heterocycles. The topological polar surface area (TPSA) is 58.2 Å². The summed E-state index contributed by atoms with van der Waals surface area (Å²) in [6.07, 6.45) is 8.38. The summed E-state index contributed by atoms with van der Waals surface area (Å²) in [5.74, 6) is -0.355. The van der Waals surface area contributed by atoms with E-state index in [0.717, 1.165) is 31.2 Å². The maximum absolute atomic E-state index is 11.9. The number of hydrogen-bond acceptors (Lipinski definition) is 2. The minimum Gasteiger partial charge on any atom is -0.273 e. The van der Waals surface area contributed by atoms with E-state index in [1.807, 2.05) is 31.2 Å². The Balaban J connectivity index is 1.76. The fourth-order valence-electron chi connectivity index (χ4n) is 2.48. The van der Waals surface area contributed by atoms with Gasteiger partial charge in [0.05, 0.1) is 0 Å². The maximum Gasteiger partial charge on any atom is 0.262 e. The summed E-state index contributed by atoms with van der Waals surface area (Å²) < 4.78 is 0. The number of hydrogen-bond donors (Lipinski definition) is 2. The van der Waals surface area contributed by atoms with Crippen LogP contribution < -0.4 is 10.9 Å². The maximum atomic E-state index is 11.9. The molecular weight excluding hydrogens is 264 g/mol. The first-order valence-corrected chi connectivity index (χ1v) is 7.50. The van der Waals surface area contributed by atoms with Gasteiger partial charge in [-0.25, -0.2) is 0 Å². The molecule has 0 radical (unpaired) electrons. The molecule has 2 rings (SSSR count). The molecule has 21 heavy (non-hydrogen) atoms. The zero-order valence-electron chi connectivity index (χ0n) is 12.4. The number of aryl methyl sites for hydroxylation is 1. The van der Waals surface area contributed by atoms with Crippen molar-refractivity contribution in [1.29, 1.82) is 0 Å². The van der Waals surface area contributed by atoms with Crippen LogP contribution in [0.4, 0.5) is 0 Å². The van der Waals surface area contributed by atoms with Gasteiger partial charge in [-0.05, 0) is 31.4 Å². The fourth-order valence-corrected chi connectivity index (χ4v) is 2.48. The van der Waals surface area contributed by atoms with Gasteiger partial charge in [-0.1, -0.05) is 49.1 Å². The van der Waals surface area contributed by atoms with Crippen molar-refractivity contribution in [2.45, 2.75) is 39.0 Å². The van der Waals surface area contributed by atoms with Gasteiger partial charge in [0.1, 0.15) is 0 Å². The van der Waals surface area contributed by atoms with Crippen LogP contribution in [0.15, 0.2) is 30.3 Å². The van der Waals surface area contributed by atoms with Crippen molar-refractivity contribution in [2.75, 3.05) is 0 Å². The molecule has 4 nitrogen and oxygen atoms in total. The Morgan fingerprint density at radius 3 is 2.38 bits per heavy atom. The zero-order chi connectivity index (χ0) is 15.1. The van der Waals surface area contributed by atoms with Crippen molar-refractivity contribution in [3.8, 4) is 0 Å². The molecule has 1 saturated carbocycles. The summed E-state index contributed by atoms with van der Waals surface area (Å²) in [6, 6.07) is 7.87. The van der Waals surface area contributed by atoms with Crippen LogP contribution in [0.2, 0.25) is 0 Å². The SMILES string of the molecule is Cc1ccc(C=CC(=O)NNC(=O)C2CCCCC2)cc1. The molecule has 0 aromatic heterocycles. The highest BCUT2D eigenvalue weighted by Gasteiger charge is 2.20. The number of amides is 2. The van der Waals surface area contributed by atoms with Crippen LogP contribution in [0.5, 0.6) is 0 Å². The van der Waals surface area contributed by atoms with Crippen LogP contribution in [0, 0.1) is 12.8 Å². The lowest BCUT2D eigenvalue weighted by Gasteiger charge is -2.20. The van der Waals surface area contributed by atoms with Gasteiger partial charge in [-0.3, -0.25) is 20.4 Å². The van der Waals surface area contributed by atoms with Crippen LogP contribution in [0.25, 0.3) is 6.08 Å². The highest BCUT2D eigenvalue weighted by Crippen LogP contribution is 2.23. The van der Waals surface area contributed by atoms with Crippen molar-refractivity contribution >= 4 is 17.9 Å². The molecule has 1 aliphatic carbocycles. The van der Waals surface area contributed by atoms with Crippen LogP contribution in [-0.2, 0) is 9.59 Å². The summed E-state index contributed by atoms with van der Waals surface area (Å²) in [4.78, 5) is 23.5. The molecule has 0 unspecified atom stereocenters. The van der Waals surface area contributed by atoms with Crippen molar-refractivity contribution in [3.05, 3.63) is 41.5 Å². The van der Waals surface area contributed by atoms with Gasteiger partial charge in [-0.15, -0.1) is 0 Å². The molecule has 4 heteroatoms. The quantitative estimate of drug-likeness (QED) is 0.663. The van der Waals surface area contributed by atoms with Gasteiger partial charge < -0.3 is 0 Å². The van der Waals surface area contributed by atoms with Crippen molar-refractivity contribution < 1.29 is 9.59 Å². The number of nitrogens with one attached hydrogen (secondary N) is 2. The zero-order valence-corrected chi connectivity index (χ0v) is 12.4. The van der Waals surface area contributed by atoms with E-state index < -0.39 is 0 Å². The van der Waals surface area contributed by atoms with E-state index in [0.29, 0.717) is 0 Å². The third kappa shape index (κ3) is 5.06. The van der Waals surface area contributed by atoms with Crippen LogP contribution in [0.3, 0.4) is 0 Å². The largest absolute Gasteiger partial charge is 0.273 e. The molecule has 1 fully saturated rings. The molecule has 0 saturated heterocycles. The second kappa shape index (κ2) is 7.62. The lowest BCUT2D eigenvalue weighted by atomic mass is 9.89. The van der Waals surface area contributed by atoms with Gasteiger partial charge in [-0.2, -0.15) is 0 Å². The Labute approximate surface area is 125 Å². The molecule has 1 aliphatic rings. The van der Waals surface area contributed by atoms with Crippen LogP contribution in [0.1, 0.15) is 43.2 Å². The monoisotopic (exact) mass is 286 g/mol. The molecule has 1 aromatic carbocycles. The second-order valence-electron chi connectivity index (χ2n) is 5.56. The highest BCUT2D eigenvalue weighted by molar-refractivity contribution is 5.93. The summed E-state index contributed by atoms with van der Waals surface area (Å²) in [7, 11) is 0. The smallest absolute Gasteiger partial charge is 0.262 e. The van der Waals surface area contributed by atoms with Gasteiger partial charge in [0, 0.05) is 12.0 Å².